The zero-order chi connectivity index (χ0) is 16.3. The van der Waals surface area contributed by atoms with Crippen LogP contribution in [0.25, 0.3) is 0 Å². The van der Waals surface area contributed by atoms with Crippen LogP contribution in [-0.4, -0.2) is 57.5 Å². The smallest absolute Gasteiger partial charge is 0.410 e. The molecule has 1 aromatic rings. The highest BCUT2D eigenvalue weighted by Gasteiger charge is 2.33. The third-order valence-electron chi connectivity index (χ3n) is 4.02. The van der Waals surface area contributed by atoms with Crippen molar-refractivity contribution in [3.63, 3.8) is 0 Å². The second-order valence-corrected chi connectivity index (χ2v) is 6.87. The van der Waals surface area contributed by atoms with Crippen LogP contribution in [0.4, 0.5) is 4.79 Å². The molecule has 0 radical (unpaired) electrons. The summed E-state index contributed by atoms with van der Waals surface area (Å²) >= 11 is 0. The Morgan fingerprint density at radius 2 is 2.27 bits per heavy atom. The van der Waals surface area contributed by atoms with Crippen molar-refractivity contribution in [2.45, 2.75) is 45.3 Å². The van der Waals surface area contributed by atoms with E-state index in [2.05, 4.69) is 15.4 Å². The third kappa shape index (κ3) is 4.19. The van der Waals surface area contributed by atoms with Crippen LogP contribution < -0.4 is 5.32 Å². The molecule has 0 saturated carbocycles. The number of likely N-dealkylation sites (tertiary alicyclic amines) is 1. The quantitative estimate of drug-likeness (QED) is 0.905. The summed E-state index contributed by atoms with van der Waals surface area (Å²) in [4.78, 5) is 18.2. The summed E-state index contributed by atoms with van der Waals surface area (Å²) in [6.07, 6.45) is 3.13. The molecule has 1 aliphatic rings. The number of carbonyl (C=O) groups excluding carboxylic acids is 1. The molecule has 0 spiro atoms. The number of ether oxygens (including phenoxy) is 1. The molecule has 1 aromatic heterocycles. The Balaban J connectivity index is 1.93. The van der Waals surface area contributed by atoms with E-state index in [9.17, 15) is 4.79 Å². The maximum atomic E-state index is 12.1. The lowest BCUT2D eigenvalue weighted by Crippen LogP contribution is -2.40. The summed E-state index contributed by atoms with van der Waals surface area (Å²) < 4.78 is 7.25. The van der Waals surface area contributed by atoms with E-state index in [0.29, 0.717) is 5.92 Å². The molecule has 2 unspecified atom stereocenters. The van der Waals surface area contributed by atoms with Crippen LogP contribution in [0.15, 0.2) is 6.33 Å². The molecule has 2 atom stereocenters. The summed E-state index contributed by atoms with van der Waals surface area (Å²) in [6.45, 7) is 7.14. The van der Waals surface area contributed by atoms with E-state index in [1.54, 1.807) is 15.9 Å². The number of amides is 1. The number of aryl methyl sites for hydroxylation is 1. The maximum absolute atomic E-state index is 12.1. The minimum atomic E-state index is -0.448. The summed E-state index contributed by atoms with van der Waals surface area (Å²) in [6, 6.07) is 0.273. The molecule has 2 rings (SSSR count). The van der Waals surface area contributed by atoms with Gasteiger partial charge in [0, 0.05) is 32.6 Å². The van der Waals surface area contributed by atoms with E-state index < -0.39 is 5.60 Å². The van der Waals surface area contributed by atoms with Crippen LogP contribution in [0.1, 0.15) is 33.0 Å². The summed E-state index contributed by atoms with van der Waals surface area (Å²) in [5.74, 6) is 1.35. The first kappa shape index (κ1) is 16.7. The van der Waals surface area contributed by atoms with Gasteiger partial charge in [-0.25, -0.2) is 9.78 Å². The van der Waals surface area contributed by atoms with Gasteiger partial charge in [0.25, 0.3) is 0 Å². The van der Waals surface area contributed by atoms with E-state index in [1.807, 2.05) is 34.9 Å². The number of hydrogen-bond acceptors (Lipinski definition) is 5. The Morgan fingerprint density at radius 1 is 1.55 bits per heavy atom. The van der Waals surface area contributed by atoms with Gasteiger partial charge < -0.3 is 15.0 Å². The first-order valence-electron chi connectivity index (χ1n) is 7.78. The molecular formula is C15H27N5O2. The van der Waals surface area contributed by atoms with Crippen molar-refractivity contribution in [3.05, 3.63) is 12.2 Å². The minimum absolute atomic E-state index is 0.219. The SMILES string of the molecule is CNC(Cc1ncnn1C)C1CCN(C(=O)OC(C)(C)C)C1. The topological polar surface area (TPSA) is 72.3 Å². The van der Waals surface area contributed by atoms with Crippen molar-refractivity contribution in [2.75, 3.05) is 20.1 Å². The van der Waals surface area contributed by atoms with Gasteiger partial charge >= 0.3 is 6.09 Å². The first-order chi connectivity index (χ1) is 10.3. The molecule has 7 nitrogen and oxygen atoms in total. The highest BCUT2D eigenvalue weighted by atomic mass is 16.6. The second kappa shape index (κ2) is 6.64. The van der Waals surface area contributed by atoms with E-state index >= 15 is 0 Å². The van der Waals surface area contributed by atoms with Crippen LogP contribution in [0.5, 0.6) is 0 Å². The summed E-state index contributed by atoms with van der Waals surface area (Å²) in [5.41, 5.74) is -0.448. The predicted octanol–water partition coefficient (Wildman–Crippen LogP) is 1.20. The van der Waals surface area contributed by atoms with E-state index in [-0.39, 0.29) is 12.1 Å². The molecule has 1 N–H and O–H groups in total. The number of carbonyl (C=O) groups is 1. The zero-order valence-electron chi connectivity index (χ0n) is 14.2. The van der Waals surface area contributed by atoms with Crippen molar-refractivity contribution in [1.29, 1.82) is 0 Å². The largest absolute Gasteiger partial charge is 0.444 e. The van der Waals surface area contributed by atoms with E-state index in [1.165, 1.54) is 0 Å². The molecule has 7 heteroatoms. The number of hydrogen-bond donors (Lipinski definition) is 1. The molecule has 1 saturated heterocycles. The van der Waals surface area contributed by atoms with Crippen molar-refractivity contribution < 1.29 is 9.53 Å². The number of rotatable bonds is 4. The Hall–Kier alpha value is -1.63. The van der Waals surface area contributed by atoms with Crippen LogP contribution in [0, 0.1) is 5.92 Å². The van der Waals surface area contributed by atoms with Gasteiger partial charge in [-0.1, -0.05) is 0 Å². The number of aromatic nitrogens is 3. The average Bonchev–Trinajstić information content (AvgIpc) is 3.03. The van der Waals surface area contributed by atoms with Crippen LogP contribution >= 0.6 is 0 Å². The summed E-state index contributed by atoms with van der Waals surface area (Å²) in [5, 5.41) is 7.46. The van der Waals surface area contributed by atoms with Gasteiger partial charge in [0.1, 0.15) is 17.8 Å². The predicted molar refractivity (Wildman–Crippen MR) is 83.5 cm³/mol. The molecule has 22 heavy (non-hydrogen) atoms. The highest BCUT2D eigenvalue weighted by Crippen LogP contribution is 2.23. The van der Waals surface area contributed by atoms with E-state index in [4.69, 9.17) is 4.74 Å². The summed E-state index contributed by atoms with van der Waals surface area (Å²) in [7, 11) is 3.86. The molecule has 0 bridgehead atoms. The number of likely N-dealkylation sites (N-methyl/N-ethyl adjacent to an activating group) is 1. The fourth-order valence-corrected chi connectivity index (χ4v) is 2.81. The third-order valence-corrected chi connectivity index (χ3v) is 4.02. The zero-order valence-corrected chi connectivity index (χ0v) is 14.2. The van der Waals surface area contributed by atoms with Gasteiger partial charge in [-0.05, 0) is 40.2 Å². The van der Waals surface area contributed by atoms with E-state index in [0.717, 1.165) is 31.8 Å². The standard InChI is InChI=1S/C15H27N5O2/c1-15(2,3)22-14(21)20-7-6-11(9-20)12(16-4)8-13-17-10-18-19(13)5/h10-12,16H,6-9H2,1-5H3. The maximum Gasteiger partial charge on any atom is 0.410 e. The Labute approximate surface area is 132 Å². The Bertz CT molecular complexity index is 508. The van der Waals surface area contributed by atoms with Crippen molar-refractivity contribution in [3.8, 4) is 0 Å². The monoisotopic (exact) mass is 309 g/mol. The van der Waals surface area contributed by atoms with Crippen molar-refractivity contribution in [1.82, 2.24) is 25.0 Å². The van der Waals surface area contributed by atoms with Gasteiger partial charge in [0.05, 0.1) is 0 Å². The van der Waals surface area contributed by atoms with Gasteiger partial charge in [0.15, 0.2) is 0 Å². The molecule has 0 aromatic carbocycles. The molecule has 2 heterocycles. The molecule has 1 amide bonds. The fraction of sp³-hybridized carbons (Fsp3) is 0.800. The molecule has 1 aliphatic heterocycles. The molecular weight excluding hydrogens is 282 g/mol. The highest BCUT2D eigenvalue weighted by molar-refractivity contribution is 5.68. The van der Waals surface area contributed by atoms with Gasteiger partial charge in [-0.3, -0.25) is 4.68 Å². The van der Waals surface area contributed by atoms with Crippen LogP contribution in [0.3, 0.4) is 0 Å². The van der Waals surface area contributed by atoms with Crippen molar-refractivity contribution >= 4 is 6.09 Å². The second-order valence-electron chi connectivity index (χ2n) is 6.87. The lowest BCUT2D eigenvalue weighted by Gasteiger charge is -2.26. The van der Waals surface area contributed by atoms with Gasteiger partial charge in [0.2, 0.25) is 0 Å². The number of nitrogens with one attached hydrogen (secondary N) is 1. The molecule has 1 fully saturated rings. The minimum Gasteiger partial charge on any atom is -0.444 e. The average molecular weight is 309 g/mol. The Morgan fingerprint density at radius 3 is 2.82 bits per heavy atom. The fourth-order valence-electron chi connectivity index (χ4n) is 2.81. The number of nitrogens with zero attached hydrogens (tertiary/aromatic N) is 4. The van der Waals surface area contributed by atoms with Gasteiger partial charge in [-0.2, -0.15) is 5.10 Å². The lowest BCUT2D eigenvalue weighted by molar-refractivity contribution is 0.0285. The van der Waals surface area contributed by atoms with Crippen LogP contribution in [0.2, 0.25) is 0 Å². The molecule has 0 aliphatic carbocycles. The van der Waals surface area contributed by atoms with Crippen molar-refractivity contribution in [2.24, 2.45) is 13.0 Å². The first-order valence-corrected chi connectivity index (χ1v) is 7.78. The van der Waals surface area contributed by atoms with Crippen LogP contribution in [-0.2, 0) is 18.2 Å². The Kier molecular flexibility index (Phi) is 5.05. The molecule has 124 valence electrons. The lowest BCUT2D eigenvalue weighted by atomic mass is 9.96. The van der Waals surface area contributed by atoms with Gasteiger partial charge in [-0.15, -0.1) is 0 Å². The normalized spacial score (nSPS) is 20.2.